The summed E-state index contributed by atoms with van der Waals surface area (Å²) in [4.78, 5) is 12.3. The number of halogens is 2. The molecule has 0 atom stereocenters. The zero-order valence-electron chi connectivity index (χ0n) is 13.6. The molecule has 2 aromatic carbocycles. The third kappa shape index (κ3) is 3.66. The third-order valence-corrected chi connectivity index (χ3v) is 3.56. The van der Waals surface area contributed by atoms with E-state index < -0.39 is 17.5 Å². The van der Waals surface area contributed by atoms with Crippen LogP contribution in [0.25, 0.3) is 6.08 Å². The summed E-state index contributed by atoms with van der Waals surface area (Å²) in [6.45, 7) is 5.63. The number of carbonyl (C=O) groups is 1. The van der Waals surface area contributed by atoms with Crippen LogP contribution in [0.3, 0.4) is 0 Å². The van der Waals surface area contributed by atoms with Crippen LogP contribution in [0.5, 0.6) is 0 Å². The molecule has 1 N–H and O–H groups in total. The summed E-state index contributed by atoms with van der Waals surface area (Å²) < 4.78 is 26.9. The topological polar surface area (TPSA) is 52.9 Å². The number of carbonyl (C=O) groups excluding carboxylic acids is 1. The van der Waals surface area contributed by atoms with Gasteiger partial charge in [-0.25, -0.2) is 8.78 Å². The van der Waals surface area contributed by atoms with Crippen molar-refractivity contribution in [3.05, 3.63) is 69.8 Å². The van der Waals surface area contributed by atoms with E-state index in [1.807, 2.05) is 32.9 Å². The van der Waals surface area contributed by atoms with Gasteiger partial charge in [-0.3, -0.25) is 4.79 Å². The van der Waals surface area contributed by atoms with Crippen molar-refractivity contribution in [3.63, 3.8) is 0 Å². The minimum absolute atomic E-state index is 0.154. The van der Waals surface area contributed by atoms with Crippen LogP contribution in [-0.4, -0.2) is 5.91 Å². The van der Waals surface area contributed by atoms with Gasteiger partial charge < -0.3 is 5.32 Å². The number of aryl methyl sites for hydroxylation is 3. The number of nitriles is 1. The Hall–Kier alpha value is -3.00. The second kappa shape index (κ2) is 7.05. The highest BCUT2D eigenvalue weighted by molar-refractivity contribution is 6.10. The minimum Gasteiger partial charge on any atom is -0.321 e. The van der Waals surface area contributed by atoms with Crippen molar-refractivity contribution in [1.29, 1.82) is 5.26 Å². The minimum atomic E-state index is -1.10. The van der Waals surface area contributed by atoms with E-state index in [0.717, 1.165) is 28.8 Å². The maximum Gasteiger partial charge on any atom is 0.266 e. The van der Waals surface area contributed by atoms with Gasteiger partial charge in [0.05, 0.1) is 0 Å². The van der Waals surface area contributed by atoms with Gasteiger partial charge in [-0.2, -0.15) is 5.26 Å². The van der Waals surface area contributed by atoms with E-state index in [1.54, 1.807) is 6.07 Å². The quantitative estimate of drug-likeness (QED) is 0.670. The molecule has 0 aromatic heterocycles. The highest BCUT2D eigenvalue weighted by Crippen LogP contribution is 2.23. The molecule has 0 aliphatic carbocycles. The van der Waals surface area contributed by atoms with Crippen molar-refractivity contribution in [1.82, 2.24) is 0 Å². The highest BCUT2D eigenvalue weighted by atomic mass is 19.2. The number of rotatable bonds is 3. The fraction of sp³-hybridized carbons (Fsp3) is 0.158. The van der Waals surface area contributed by atoms with E-state index >= 15 is 0 Å². The zero-order valence-corrected chi connectivity index (χ0v) is 13.6. The Morgan fingerprint density at radius 1 is 1.17 bits per heavy atom. The Labute approximate surface area is 139 Å². The summed E-state index contributed by atoms with van der Waals surface area (Å²) in [6.07, 6.45) is 1.03. The second-order valence-corrected chi connectivity index (χ2v) is 5.54. The number of hydrogen-bond donors (Lipinski definition) is 1. The van der Waals surface area contributed by atoms with Crippen molar-refractivity contribution in [3.8, 4) is 6.07 Å². The van der Waals surface area contributed by atoms with Gasteiger partial charge in [-0.05, 0) is 44.0 Å². The van der Waals surface area contributed by atoms with Gasteiger partial charge >= 0.3 is 0 Å². The fourth-order valence-corrected chi connectivity index (χ4v) is 2.49. The molecule has 3 nitrogen and oxygen atoms in total. The summed E-state index contributed by atoms with van der Waals surface area (Å²) in [7, 11) is 0. The first-order chi connectivity index (χ1) is 11.3. The Kier molecular flexibility index (Phi) is 5.10. The van der Waals surface area contributed by atoms with Crippen molar-refractivity contribution < 1.29 is 13.6 Å². The maximum atomic E-state index is 13.7. The predicted molar refractivity (Wildman–Crippen MR) is 89.2 cm³/mol. The van der Waals surface area contributed by atoms with Gasteiger partial charge in [0.1, 0.15) is 11.6 Å². The number of hydrogen-bond acceptors (Lipinski definition) is 2. The molecular weight excluding hydrogens is 310 g/mol. The van der Waals surface area contributed by atoms with Gasteiger partial charge in [-0.15, -0.1) is 0 Å². The van der Waals surface area contributed by atoms with E-state index in [2.05, 4.69) is 5.32 Å². The molecule has 0 unspecified atom stereocenters. The lowest BCUT2D eigenvalue weighted by Crippen LogP contribution is -2.15. The molecule has 0 aliphatic heterocycles. The molecule has 0 radical (unpaired) electrons. The van der Waals surface area contributed by atoms with Crippen LogP contribution < -0.4 is 5.32 Å². The zero-order chi connectivity index (χ0) is 17.9. The summed E-state index contributed by atoms with van der Waals surface area (Å²) in [5.41, 5.74) is 2.91. The first-order valence-corrected chi connectivity index (χ1v) is 7.28. The van der Waals surface area contributed by atoms with Gasteiger partial charge in [-0.1, -0.05) is 29.8 Å². The molecule has 0 heterocycles. The molecule has 0 aliphatic rings. The first kappa shape index (κ1) is 17.4. The van der Waals surface area contributed by atoms with Crippen molar-refractivity contribution in [2.45, 2.75) is 20.8 Å². The molecule has 2 rings (SSSR count). The molecular formula is C19H16F2N2O. The standard InChI is InChI=1S/C19H16F2N2O/c1-11-7-12(2)18(13(3)8-11)23-19(24)15(10-22)9-14-5-4-6-16(20)17(14)21/h4-9H,1-3H3,(H,23,24). The van der Waals surface area contributed by atoms with E-state index in [1.165, 1.54) is 12.1 Å². The summed E-state index contributed by atoms with van der Waals surface area (Å²) in [5, 5.41) is 11.8. The van der Waals surface area contributed by atoms with Crippen molar-refractivity contribution >= 4 is 17.7 Å². The number of nitrogens with one attached hydrogen (secondary N) is 1. The van der Waals surface area contributed by atoms with Crippen LogP contribution in [0.4, 0.5) is 14.5 Å². The van der Waals surface area contributed by atoms with E-state index in [4.69, 9.17) is 0 Å². The summed E-state index contributed by atoms with van der Waals surface area (Å²) in [6, 6.07) is 9.12. The molecule has 122 valence electrons. The van der Waals surface area contributed by atoms with Crippen LogP contribution in [0.2, 0.25) is 0 Å². The summed E-state index contributed by atoms with van der Waals surface area (Å²) >= 11 is 0. The van der Waals surface area contributed by atoms with Gasteiger partial charge in [0.15, 0.2) is 11.6 Å². The average molecular weight is 326 g/mol. The number of nitrogens with zero attached hydrogens (tertiary/aromatic N) is 1. The SMILES string of the molecule is Cc1cc(C)c(NC(=O)C(C#N)=Cc2cccc(F)c2F)c(C)c1. The number of anilines is 1. The molecule has 0 spiro atoms. The molecule has 0 saturated heterocycles. The van der Waals surface area contributed by atoms with Crippen LogP contribution in [-0.2, 0) is 4.79 Å². The molecule has 0 bridgehead atoms. The number of benzene rings is 2. The Balaban J connectivity index is 2.36. The molecule has 24 heavy (non-hydrogen) atoms. The third-order valence-electron chi connectivity index (χ3n) is 3.56. The smallest absolute Gasteiger partial charge is 0.266 e. The van der Waals surface area contributed by atoms with Gasteiger partial charge in [0.2, 0.25) is 0 Å². The van der Waals surface area contributed by atoms with E-state index in [-0.39, 0.29) is 11.1 Å². The molecule has 0 saturated carbocycles. The van der Waals surface area contributed by atoms with Crippen molar-refractivity contribution in [2.24, 2.45) is 0 Å². The molecule has 1 amide bonds. The Morgan fingerprint density at radius 2 is 1.79 bits per heavy atom. The lowest BCUT2D eigenvalue weighted by molar-refractivity contribution is -0.112. The largest absolute Gasteiger partial charge is 0.321 e. The monoisotopic (exact) mass is 326 g/mol. The normalized spacial score (nSPS) is 11.1. The highest BCUT2D eigenvalue weighted by Gasteiger charge is 2.14. The lowest BCUT2D eigenvalue weighted by Gasteiger charge is -2.12. The van der Waals surface area contributed by atoms with Gasteiger partial charge in [0.25, 0.3) is 5.91 Å². The molecule has 0 fully saturated rings. The van der Waals surface area contributed by atoms with E-state index in [0.29, 0.717) is 5.69 Å². The van der Waals surface area contributed by atoms with Gasteiger partial charge in [0, 0.05) is 11.3 Å². The molecule has 5 heteroatoms. The molecule has 2 aromatic rings. The van der Waals surface area contributed by atoms with E-state index in [9.17, 15) is 18.8 Å². The van der Waals surface area contributed by atoms with Crippen LogP contribution in [0.15, 0.2) is 35.9 Å². The van der Waals surface area contributed by atoms with Crippen LogP contribution >= 0.6 is 0 Å². The Bertz CT molecular complexity index is 856. The van der Waals surface area contributed by atoms with Crippen molar-refractivity contribution in [2.75, 3.05) is 5.32 Å². The summed E-state index contributed by atoms with van der Waals surface area (Å²) in [5.74, 6) is -2.80. The Morgan fingerprint density at radius 3 is 2.38 bits per heavy atom. The fourth-order valence-electron chi connectivity index (χ4n) is 2.49. The maximum absolute atomic E-state index is 13.7. The van der Waals surface area contributed by atoms with Crippen LogP contribution in [0.1, 0.15) is 22.3 Å². The predicted octanol–water partition coefficient (Wildman–Crippen LogP) is 4.44. The lowest BCUT2D eigenvalue weighted by atomic mass is 10.0. The average Bonchev–Trinajstić information content (AvgIpc) is 2.52. The second-order valence-electron chi connectivity index (χ2n) is 5.54. The first-order valence-electron chi connectivity index (χ1n) is 7.28. The number of amides is 1. The van der Waals surface area contributed by atoms with Crippen LogP contribution in [0, 0.1) is 43.7 Å².